The number of hydrogen-bond donors (Lipinski definition) is 2. The van der Waals surface area contributed by atoms with Gasteiger partial charge >= 0.3 is 0 Å². The number of fused-ring (bicyclic) bond motifs is 1. The number of nitrogens with two attached hydrogens (primary N) is 2. The molecule has 1 fully saturated rings. The molecule has 0 aromatic rings. The minimum atomic E-state index is -0.461. The van der Waals surface area contributed by atoms with E-state index in [1.54, 1.807) is 10.0 Å². The summed E-state index contributed by atoms with van der Waals surface area (Å²) in [7, 11) is 0. The van der Waals surface area contributed by atoms with E-state index in [4.69, 9.17) is 11.5 Å². The molecule has 0 aliphatic carbocycles. The number of nitrogens with zero attached hydrogens (tertiary/aromatic N) is 2. The minimum Gasteiger partial charge on any atom is -0.397 e. The van der Waals surface area contributed by atoms with Crippen molar-refractivity contribution in [3.05, 3.63) is 11.5 Å². The van der Waals surface area contributed by atoms with Gasteiger partial charge in [-0.3, -0.25) is 9.80 Å². The van der Waals surface area contributed by atoms with Crippen molar-refractivity contribution in [2.45, 2.75) is 25.8 Å². The first-order valence-corrected chi connectivity index (χ1v) is 4.32. The van der Waals surface area contributed by atoms with Crippen molar-refractivity contribution < 1.29 is 4.79 Å². The Morgan fingerprint density at radius 3 is 2.54 bits per heavy atom. The van der Waals surface area contributed by atoms with E-state index in [1.807, 2.05) is 13.8 Å². The molecular weight excluding hydrogens is 168 g/mol. The quantitative estimate of drug-likeness (QED) is 0.520. The average Bonchev–Trinajstić information content (AvgIpc) is 2.50. The summed E-state index contributed by atoms with van der Waals surface area (Å²) in [6, 6.07) is 0. The third-order valence-corrected chi connectivity index (χ3v) is 2.76. The molecule has 2 aliphatic rings. The lowest BCUT2D eigenvalue weighted by Crippen LogP contribution is -2.48. The van der Waals surface area contributed by atoms with Crippen LogP contribution in [-0.2, 0) is 4.79 Å². The normalized spacial score (nSPS) is 25.8. The molecule has 2 aliphatic heterocycles. The van der Waals surface area contributed by atoms with Crippen molar-refractivity contribution in [3.63, 3.8) is 0 Å². The van der Waals surface area contributed by atoms with Crippen molar-refractivity contribution in [3.8, 4) is 0 Å². The first kappa shape index (κ1) is 8.22. The van der Waals surface area contributed by atoms with Crippen LogP contribution in [-0.4, -0.2) is 28.0 Å². The van der Waals surface area contributed by atoms with Crippen LogP contribution in [0.15, 0.2) is 11.5 Å². The van der Waals surface area contributed by atoms with Gasteiger partial charge in [-0.2, -0.15) is 0 Å². The topological polar surface area (TPSA) is 75.6 Å². The van der Waals surface area contributed by atoms with Crippen molar-refractivity contribution in [1.82, 2.24) is 10.0 Å². The lowest BCUT2D eigenvalue weighted by molar-refractivity contribution is -0.140. The Kier molecular flexibility index (Phi) is 1.33. The van der Waals surface area contributed by atoms with Gasteiger partial charge in [0.1, 0.15) is 11.4 Å². The zero-order valence-corrected chi connectivity index (χ0v) is 7.87. The van der Waals surface area contributed by atoms with Crippen LogP contribution in [0, 0.1) is 0 Å². The monoisotopic (exact) mass is 182 g/mol. The molecule has 4 N–H and O–H groups in total. The summed E-state index contributed by atoms with van der Waals surface area (Å²) in [6.07, 6.45) is 0.525. The van der Waals surface area contributed by atoms with Crippen LogP contribution in [0.4, 0.5) is 0 Å². The van der Waals surface area contributed by atoms with E-state index in [1.165, 1.54) is 0 Å². The summed E-state index contributed by atoms with van der Waals surface area (Å²) < 4.78 is 0. The molecular formula is C8H14N4O. The van der Waals surface area contributed by atoms with Crippen LogP contribution in [0.25, 0.3) is 0 Å². The summed E-state index contributed by atoms with van der Waals surface area (Å²) in [5.41, 5.74) is 11.7. The van der Waals surface area contributed by atoms with E-state index in [9.17, 15) is 4.79 Å². The summed E-state index contributed by atoms with van der Waals surface area (Å²) in [4.78, 5) is 11.5. The zero-order valence-electron chi connectivity index (χ0n) is 7.87. The highest BCUT2D eigenvalue weighted by Gasteiger charge is 2.48. The fourth-order valence-electron chi connectivity index (χ4n) is 1.95. The third kappa shape index (κ3) is 0.787. The molecule has 2 rings (SSSR count). The molecule has 0 unspecified atom stereocenters. The summed E-state index contributed by atoms with van der Waals surface area (Å²) in [6.45, 7) is 4.45. The van der Waals surface area contributed by atoms with Gasteiger partial charge in [0.15, 0.2) is 0 Å². The van der Waals surface area contributed by atoms with Gasteiger partial charge in [-0.15, -0.1) is 0 Å². The predicted molar refractivity (Wildman–Crippen MR) is 47.6 cm³/mol. The van der Waals surface area contributed by atoms with E-state index >= 15 is 0 Å². The molecule has 72 valence electrons. The van der Waals surface area contributed by atoms with Gasteiger partial charge in [0.25, 0.3) is 0 Å². The van der Waals surface area contributed by atoms with Crippen LogP contribution < -0.4 is 11.5 Å². The molecule has 5 nitrogen and oxygen atoms in total. The second-order valence-corrected chi connectivity index (χ2v) is 3.94. The predicted octanol–water partition coefficient (Wildman–Crippen LogP) is -0.686. The van der Waals surface area contributed by atoms with Crippen LogP contribution >= 0.6 is 0 Å². The van der Waals surface area contributed by atoms with E-state index in [0.29, 0.717) is 24.5 Å². The number of rotatable bonds is 0. The summed E-state index contributed by atoms with van der Waals surface area (Å²) in [5.74, 6) is 0.615. The molecule has 0 bridgehead atoms. The van der Waals surface area contributed by atoms with Gasteiger partial charge in [-0.1, -0.05) is 0 Å². The van der Waals surface area contributed by atoms with Gasteiger partial charge in [-0.25, -0.2) is 5.01 Å². The molecule has 1 saturated heterocycles. The molecule has 0 atom stereocenters. The Balaban J connectivity index is 2.47. The first-order valence-electron chi connectivity index (χ1n) is 4.32. The highest BCUT2D eigenvalue weighted by molar-refractivity contribution is 5.80. The number of amides is 1. The van der Waals surface area contributed by atoms with Crippen molar-refractivity contribution in [1.29, 1.82) is 0 Å². The number of hydrogen-bond acceptors (Lipinski definition) is 4. The lowest BCUT2D eigenvalue weighted by atomic mass is 10.0. The Morgan fingerprint density at radius 2 is 2.00 bits per heavy atom. The highest BCUT2D eigenvalue weighted by atomic mass is 16.2. The number of hydrazine groups is 1. The Bertz CT molecular complexity index is 307. The van der Waals surface area contributed by atoms with E-state index in [-0.39, 0.29) is 5.91 Å². The van der Waals surface area contributed by atoms with Crippen molar-refractivity contribution in [2.75, 3.05) is 6.54 Å². The number of carbonyl (C=O) groups is 1. The smallest absolute Gasteiger partial charge is 0.243 e. The second kappa shape index (κ2) is 2.10. The van der Waals surface area contributed by atoms with Crippen molar-refractivity contribution >= 4 is 5.91 Å². The van der Waals surface area contributed by atoms with Gasteiger partial charge in [0.05, 0.1) is 12.2 Å². The SMILES string of the molecule is CC1(C)C(N)=C(N)N2CCC(=O)N21. The fraction of sp³-hybridized carbons (Fsp3) is 0.625. The molecule has 0 saturated carbocycles. The summed E-state index contributed by atoms with van der Waals surface area (Å²) >= 11 is 0. The van der Waals surface area contributed by atoms with Crippen LogP contribution in [0.2, 0.25) is 0 Å². The molecule has 5 heteroatoms. The molecule has 1 amide bonds. The molecule has 0 aromatic carbocycles. The number of carbonyl (C=O) groups excluding carboxylic acids is 1. The first-order chi connectivity index (χ1) is 5.96. The maximum Gasteiger partial charge on any atom is 0.243 e. The summed E-state index contributed by atoms with van der Waals surface area (Å²) in [5, 5.41) is 3.41. The average molecular weight is 182 g/mol. The second-order valence-electron chi connectivity index (χ2n) is 3.94. The molecule has 0 spiro atoms. The van der Waals surface area contributed by atoms with Crippen LogP contribution in [0.1, 0.15) is 20.3 Å². The van der Waals surface area contributed by atoms with Gasteiger partial charge in [0.2, 0.25) is 5.91 Å². The maximum absolute atomic E-state index is 11.5. The van der Waals surface area contributed by atoms with Gasteiger partial charge in [-0.05, 0) is 13.8 Å². The minimum absolute atomic E-state index is 0.0911. The molecule has 2 heterocycles. The van der Waals surface area contributed by atoms with Gasteiger partial charge in [0, 0.05) is 6.42 Å². The highest BCUT2D eigenvalue weighted by Crippen LogP contribution is 2.36. The Hall–Kier alpha value is -1.39. The van der Waals surface area contributed by atoms with E-state index in [0.717, 1.165) is 0 Å². The van der Waals surface area contributed by atoms with Crippen LogP contribution in [0.3, 0.4) is 0 Å². The van der Waals surface area contributed by atoms with Crippen molar-refractivity contribution in [2.24, 2.45) is 11.5 Å². The Morgan fingerprint density at radius 1 is 1.38 bits per heavy atom. The largest absolute Gasteiger partial charge is 0.397 e. The van der Waals surface area contributed by atoms with E-state index in [2.05, 4.69) is 0 Å². The van der Waals surface area contributed by atoms with Gasteiger partial charge < -0.3 is 11.5 Å². The Labute approximate surface area is 76.9 Å². The standard InChI is InChI=1S/C8H14N4O/c1-8(2)6(9)7(10)11-4-3-5(13)12(8)11/h3-4,9-10H2,1-2H3. The lowest BCUT2D eigenvalue weighted by Gasteiger charge is -2.33. The third-order valence-electron chi connectivity index (χ3n) is 2.76. The maximum atomic E-state index is 11.5. The molecule has 13 heavy (non-hydrogen) atoms. The van der Waals surface area contributed by atoms with E-state index < -0.39 is 5.54 Å². The van der Waals surface area contributed by atoms with Crippen LogP contribution in [0.5, 0.6) is 0 Å². The zero-order chi connectivity index (χ0) is 9.80. The molecule has 0 radical (unpaired) electrons. The fourth-order valence-corrected chi connectivity index (χ4v) is 1.95. The molecule has 0 aromatic heterocycles.